The first kappa shape index (κ1) is 28.7. The summed E-state index contributed by atoms with van der Waals surface area (Å²) in [6.07, 6.45) is 1.07. The number of phenolic OH excluding ortho intramolecular Hbond substituents is 1. The molecule has 36 heavy (non-hydrogen) atoms. The Morgan fingerprint density at radius 2 is 1.58 bits per heavy atom. The number of rotatable bonds is 10. The zero-order chi connectivity index (χ0) is 26.9. The Balaban J connectivity index is 2.02. The van der Waals surface area contributed by atoms with Crippen molar-refractivity contribution < 1.29 is 24.2 Å². The quantitative estimate of drug-likeness (QED) is 0.374. The van der Waals surface area contributed by atoms with Gasteiger partial charge >= 0.3 is 6.09 Å². The van der Waals surface area contributed by atoms with Crippen molar-refractivity contribution in [2.45, 2.75) is 78.5 Å². The van der Waals surface area contributed by atoms with Gasteiger partial charge in [-0.1, -0.05) is 30.3 Å². The molecule has 0 saturated heterocycles. The van der Waals surface area contributed by atoms with Gasteiger partial charge in [0.1, 0.15) is 23.4 Å². The Labute approximate surface area is 213 Å². The third kappa shape index (κ3) is 9.60. The van der Waals surface area contributed by atoms with E-state index in [9.17, 15) is 19.5 Å². The highest BCUT2D eigenvalue weighted by molar-refractivity contribution is 5.91. The normalized spacial score (nSPS) is 12.8. The number of amides is 3. The molecule has 8 nitrogen and oxygen atoms in total. The summed E-state index contributed by atoms with van der Waals surface area (Å²) in [6, 6.07) is 11.5. The van der Waals surface area contributed by atoms with Gasteiger partial charge in [-0.15, -0.1) is 0 Å². The van der Waals surface area contributed by atoms with Gasteiger partial charge in [-0.3, -0.25) is 9.59 Å². The summed E-state index contributed by atoms with van der Waals surface area (Å²) < 4.78 is 5.34. The van der Waals surface area contributed by atoms with Crippen LogP contribution in [0.2, 0.25) is 0 Å². The maximum Gasteiger partial charge on any atom is 0.408 e. The molecular formula is C28H39N3O5. The zero-order valence-corrected chi connectivity index (χ0v) is 22.1. The van der Waals surface area contributed by atoms with Gasteiger partial charge in [0.05, 0.1) is 0 Å². The number of ether oxygens (including phenoxy) is 1. The molecule has 1 unspecified atom stereocenters. The van der Waals surface area contributed by atoms with E-state index in [0.29, 0.717) is 6.54 Å². The lowest BCUT2D eigenvalue weighted by molar-refractivity contribution is -0.129. The molecule has 8 heteroatoms. The Hall–Kier alpha value is -3.55. The number of hydrogen-bond acceptors (Lipinski definition) is 5. The van der Waals surface area contributed by atoms with Crippen LogP contribution in [0.4, 0.5) is 4.79 Å². The molecule has 4 N–H and O–H groups in total. The van der Waals surface area contributed by atoms with Crippen molar-refractivity contribution in [2.24, 2.45) is 0 Å². The molecule has 0 aliphatic heterocycles. The van der Waals surface area contributed by atoms with Crippen molar-refractivity contribution in [1.29, 1.82) is 0 Å². The third-order valence-corrected chi connectivity index (χ3v) is 5.63. The minimum atomic E-state index is -0.977. The monoisotopic (exact) mass is 497 g/mol. The summed E-state index contributed by atoms with van der Waals surface area (Å²) in [5, 5.41) is 18.0. The molecule has 0 aliphatic carbocycles. The first-order valence-electron chi connectivity index (χ1n) is 12.3. The molecular weight excluding hydrogens is 458 g/mol. The lowest BCUT2D eigenvalue weighted by Crippen LogP contribution is -2.54. The van der Waals surface area contributed by atoms with Gasteiger partial charge in [-0.25, -0.2) is 4.79 Å². The van der Waals surface area contributed by atoms with Crippen LogP contribution >= 0.6 is 0 Å². The highest BCUT2D eigenvalue weighted by Gasteiger charge is 2.28. The number of aryl methyl sites for hydroxylation is 3. The van der Waals surface area contributed by atoms with E-state index in [0.717, 1.165) is 29.5 Å². The summed E-state index contributed by atoms with van der Waals surface area (Å²) in [5.41, 5.74) is 2.87. The highest BCUT2D eigenvalue weighted by atomic mass is 16.6. The summed E-state index contributed by atoms with van der Waals surface area (Å²) in [5.74, 6) is -0.670. The van der Waals surface area contributed by atoms with Crippen molar-refractivity contribution in [3.8, 4) is 5.75 Å². The van der Waals surface area contributed by atoms with Crippen LogP contribution in [0.15, 0.2) is 42.5 Å². The minimum absolute atomic E-state index is 0.132. The standard InChI is InChI=1S/C28H39N3O5/c1-18-15-22(32)16-19(2)23(18)17-24(31-27(35)36-28(4,5)6)26(34)30-20(3)25(33)29-14-10-13-21-11-8-7-9-12-21/h7-9,11-12,15-16,20,24,32H,10,13-14,17H2,1-6H3,(H,29,33)(H,30,34)(H,31,35)/t20-,24?/m0/s1. The third-order valence-electron chi connectivity index (χ3n) is 5.63. The molecule has 3 amide bonds. The van der Waals surface area contributed by atoms with Gasteiger partial charge < -0.3 is 25.8 Å². The summed E-state index contributed by atoms with van der Waals surface area (Å²) in [6.45, 7) is 11.0. The van der Waals surface area contributed by atoms with Gasteiger partial charge in [0.2, 0.25) is 11.8 Å². The number of aromatic hydroxyl groups is 1. The van der Waals surface area contributed by atoms with Crippen molar-refractivity contribution >= 4 is 17.9 Å². The Morgan fingerprint density at radius 1 is 0.972 bits per heavy atom. The Kier molecular flexibility index (Phi) is 10.3. The van der Waals surface area contributed by atoms with Gasteiger partial charge in [0.15, 0.2) is 0 Å². The fourth-order valence-electron chi connectivity index (χ4n) is 3.84. The molecule has 2 atom stereocenters. The maximum absolute atomic E-state index is 13.2. The second kappa shape index (κ2) is 13.0. The highest BCUT2D eigenvalue weighted by Crippen LogP contribution is 2.22. The molecule has 0 fully saturated rings. The van der Waals surface area contributed by atoms with Crippen LogP contribution in [0.25, 0.3) is 0 Å². The Bertz CT molecular complexity index is 1020. The maximum atomic E-state index is 13.2. The van der Waals surface area contributed by atoms with Gasteiger partial charge in [-0.05, 0) is 88.8 Å². The molecule has 196 valence electrons. The SMILES string of the molecule is Cc1cc(O)cc(C)c1CC(NC(=O)OC(C)(C)C)C(=O)N[C@@H](C)C(=O)NCCCc1ccccc1. The molecule has 0 aromatic heterocycles. The average molecular weight is 498 g/mol. The van der Waals surface area contributed by atoms with E-state index in [4.69, 9.17) is 4.74 Å². The van der Waals surface area contributed by atoms with Crippen LogP contribution in [0.3, 0.4) is 0 Å². The second-order valence-electron chi connectivity index (χ2n) is 10.1. The van der Waals surface area contributed by atoms with Gasteiger partial charge in [0, 0.05) is 13.0 Å². The van der Waals surface area contributed by atoms with E-state index in [1.165, 1.54) is 5.56 Å². The topological polar surface area (TPSA) is 117 Å². The molecule has 0 bridgehead atoms. The van der Waals surface area contributed by atoms with Crippen molar-refractivity contribution in [1.82, 2.24) is 16.0 Å². The molecule has 2 rings (SSSR count). The van der Waals surface area contributed by atoms with Crippen LogP contribution in [0.1, 0.15) is 56.4 Å². The largest absolute Gasteiger partial charge is 0.508 e. The molecule has 0 heterocycles. The van der Waals surface area contributed by atoms with Crippen molar-refractivity contribution in [3.63, 3.8) is 0 Å². The predicted molar refractivity (Wildman–Crippen MR) is 140 cm³/mol. The summed E-state index contributed by atoms with van der Waals surface area (Å²) in [4.78, 5) is 38.2. The number of nitrogens with one attached hydrogen (secondary N) is 3. The van der Waals surface area contributed by atoms with E-state index >= 15 is 0 Å². The van der Waals surface area contributed by atoms with Crippen LogP contribution in [0.5, 0.6) is 5.75 Å². The summed E-state index contributed by atoms with van der Waals surface area (Å²) in [7, 11) is 0. The van der Waals surface area contributed by atoms with Crippen LogP contribution in [0, 0.1) is 13.8 Å². The lowest BCUT2D eigenvalue weighted by atomic mass is 9.95. The lowest BCUT2D eigenvalue weighted by Gasteiger charge is -2.25. The number of alkyl carbamates (subject to hydrolysis) is 1. The molecule has 0 radical (unpaired) electrons. The number of phenols is 1. The fourth-order valence-corrected chi connectivity index (χ4v) is 3.84. The Morgan fingerprint density at radius 3 is 2.17 bits per heavy atom. The summed E-state index contributed by atoms with van der Waals surface area (Å²) >= 11 is 0. The van der Waals surface area contributed by atoms with Gasteiger partial charge in [0.25, 0.3) is 0 Å². The van der Waals surface area contributed by atoms with E-state index < -0.39 is 29.7 Å². The average Bonchev–Trinajstić information content (AvgIpc) is 2.77. The molecule has 2 aromatic rings. The zero-order valence-electron chi connectivity index (χ0n) is 22.1. The van der Waals surface area contributed by atoms with E-state index in [1.54, 1.807) is 39.8 Å². The van der Waals surface area contributed by atoms with E-state index in [1.807, 2.05) is 44.2 Å². The molecule has 0 aliphatic rings. The van der Waals surface area contributed by atoms with Crippen molar-refractivity contribution in [3.05, 3.63) is 64.7 Å². The van der Waals surface area contributed by atoms with Crippen LogP contribution in [-0.4, -0.2) is 47.2 Å². The van der Waals surface area contributed by atoms with Gasteiger partial charge in [-0.2, -0.15) is 0 Å². The van der Waals surface area contributed by atoms with Crippen molar-refractivity contribution in [2.75, 3.05) is 6.54 Å². The second-order valence-corrected chi connectivity index (χ2v) is 10.1. The number of benzene rings is 2. The molecule has 0 saturated carbocycles. The van der Waals surface area contributed by atoms with Crippen LogP contribution in [-0.2, 0) is 27.2 Å². The number of carbonyl (C=O) groups is 3. The molecule has 0 spiro atoms. The smallest absolute Gasteiger partial charge is 0.408 e. The fraction of sp³-hybridized carbons (Fsp3) is 0.464. The molecule has 2 aromatic carbocycles. The minimum Gasteiger partial charge on any atom is -0.508 e. The van der Waals surface area contributed by atoms with Crippen LogP contribution < -0.4 is 16.0 Å². The first-order chi connectivity index (χ1) is 16.9. The first-order valence-corrected chi connectivity index (χ1v) is 12.3. The predicted octanol–water partition coefficient (Wildman–Crippen LogP) is 3.70. The number of carbonyl (C=O) groups excluding carboxylic acids is 3. The van der Waals surface area contributed by atoms with E-state index in [-0.39, 0.29) is 18.1 Å². The van der Waals surface area contributed by atoms with E-state index in [2.05, 4.69) is 16.0 Å². The number of hydrogen-bond donors (Lipinski definition) is 4.